The molecule has 1 atom stereocenters. The Morgan fingerprint density at radius 1 is 1.33 bits per heavy atom. The third-order valence-corrected chi connectivity index (χ3v) is 3.89. The lowest BCUT2D eigenvalue weighted by molar-refractivity contribution is -0.132. The van der Waals surface area contributed by atoms with E-state index < -0.39 is 5.97 Å². The summed E-state index contributed by atoms with van der Waals surface area (Å²) in [5.41, 5.74) is 0.546. The minimum Gasteiger partial charge on any atom is -0.478 e. The molecule has 1 fully saturated rings. The summed E-state index contributed by atoms with van der Waals surface area (Å²) >= 11 is 0. The molecule has 0 amide bonds. The van der Waals surface area contributed by atoms with Gasteiger partial charge in [-0.15, -0.1) is 0 Å². The van der Waals surface area contributed by atoms with Gasteiger partial charge in [0.05, 0.1) is 0 Å². The van der Waals surface area contributed by atoms with E-state index in [1.807, 2.05) is 13.0 Å². The number of carboxylic acid groups (broad SMARTS) is 1. The fourth-order valence-electron chi connectivity index (χ4n) is 2.73. The molecule has 3 heteroatoms. The third-order valence-electron chi connectivity index (χ3n) is 3.89. The monoisotopic (exact) mass is 253 g/mol. The smallest absolute Gasteiger partial charge is 0.331 e. The number of likely N-dealkylation sites (tertiary alicyclic amines) is 1. The molecule has 3 nitrogen and oxygen atoms in total. The van der Waals surface area contributed by atoms with Crippen molar-refractivity contribution in [2.24, 2.45) is 5.92 Å². The van der Waals surface area contributed by atoms with Crippen LogP contribution in [0.3, 0.4) is 0 Å². The van der Waals surface area contributed by atoms with Gasteiger partial charge in [0.15, 0.2) is 0 Å². The van der Waals surface area contributed by atoms with Crippen molar-refractivity contribution in [1.29, 1.82) is 0 Å². The van der Waals surface area contributed by atoms with Crippen molar-refractivity contribution >= 4 is 5.97 Å². The molecule has 1 aliphatic rings. The number of hydrogen-bond acceptors (Lipinski definition) is 2. The first-order valence-corrected chi connectivity index (χ1v) is 7.32. The molecule has 1 N–H and O–H groups in total. The Hall–Kier alpha value is -0.830. The second kappa shape index (κ2) is 8.30. The molecular formula is C15H27NO2. The second-order valence-corrected chi connectivity index (χ2v) is 5.27. The molecule has 0 saturated carbocycles. The van der Waals surface area contributed by atoms with Crippen molar-refractivity contribution in [1.82, 2.24) is 4.90 Å². The molecule has 0 bridgehead atoms. The van der Waals surface area contributed by atoms with Gasteiger partial charge in [0.2, 0.25) is 0 Å². The summed E-state index contributed by atoms with van der Waals surface area (Å²) in [6, 6.07) is 0. The van der Waals surface area contributed by atoms with Crippen LogP contribution in [0.5, 0.6) is 0 Å². The van der Waals surface area contributed by atoms with Crippen LogP contribution >= 0.6 is 0 Å². The summed E-state index contributed by atoms with van der Waals surface area (Å²) in [6.45, 7) is 7.20. The minimum atomic E-state index is -0.767. The number of carbonyl (C=O) groups is 1. The molecule has 0 aliphatic carbocycles. The maximum Gasteiger partial charge on any atom is 0.331 e. The molecule has 0 aromatic rings. The molecule has 0 radical (unpaired) electrons. The second-order valence-electron chi connectivity index (χ2n) is 5.27. The zero-order chi connectivity index (χ0) is 13.4. The van der Waals surface area contributed by atoms with Crippen molar-refractivity contribution < 1.29 is 9.90 Å². The van der Waals surface area contributed by atoms with Gasteiger partial charge in [-0.05, 0) is 44.7 Å². The van der Waals surface area contributed by atoms with Crippen LogP contribution in [0.1, 0.15) is 52.4 Å². The van der Waals surface area contributed by atoms with Crippen LogP contribution in [0.15, 0.2) is 11.6 Å². The van der Waals surface area contributed by atoms with E-state index in [0.717, 1.165) is 25.6 Å². The Labute approximate surface area is 111 Å². The molecule has 1 saturated heterocycles. The fraction of sp³-hybridized carbons (Fsp3) is 0.800. The van der Waals surface area contributed by atoms with Crippen LogP contribution in [0.2, 0.25) is 0 Å². The highest BCUT2D eigenvalue weighted by Gasteiger charge is 2.16. The van der Waals surface area contributed by atoms with E-state index in [4.69, 9.17) is 5.11 Å². The van der Waals surface area contributed by atoms with Crippen molar-refractivity contribution in [3.63, 3.8) is 0 Å². The molecule has 0 aromatic heterocycles. The largest absolute Gasteiger partial charge is 0.478 e. The van der Waals surface area contributed by atoms with Crippen molar-refractivity contribution in [3.8, 4) is 0 Å². The van der Waals surface area contributed by atoms with Crippen LogP contribution in [0, 0.1) is 5.92 Å². The summed E-state index contributed by atoms with van der Waals surface area (Å²) in [6.07, 6.45) is 9.00. The maximum absolute atomic E-state index is 10.9. The SMILES string of the molecule is CCCC1CCCN(CC=C(CC)C(=O)O)CC1. The van der Waals surface area contributed by atoms with E-state index in [1.165, 1.54) is 32.1 Å². The van der Waals surface area contributed by atoms with Gasteiger partial charge in [-0.25, -0.2) is 4.79 Å². The first-order valence-electron chi connectivity index (χ1n) is 7.32. The zero-order valence-corrected chi connectivity index (χ0v) is 11.8. The Kier molecular flexibility index (Phi) is 7.02. The van der Waals surface area contributed by atoms with Gasteiger partial charge < -0.3 is 5.11 Å². The van der Waals surface area contributed by atoms with Crippen LogP contribution in [0.25, 0.3) is 0 Å². The van der Waals surface area contributed by atoms with Crippen molar-refractivity contribution in [2.45, 2.75) is 52.4 Å². The van der Waals surface area contributed by atoms with Crippen molar-refractivity contribution in [2.75, 3.05) is 19.6 Å². The third kappa shape index (κ3) is 5.21. The standard InChI is InChI=1S/C15H27NO2/c1-3-6-13-7-5-10-16(11-8-13)12-9-14(4-2)15(17)18/h9,13H,3-8,10-12H2,1-2H3,(H,17,18). The van der Waals surface area contributed by atoms with E-state index in [0.29, 0.717) is 12.0 Å². The molecule has 1 heterocycles. The average Bonchev–Trinajstić information content (AvgIpc) is 2.56. The highest BCUT2D eigenvalue weighted by atomic mass is 16.4. The van der Waals surface area contributed by atoms with Gasteiger partial charge >= 0.3 is 5.97 Å². The van der Waals surface area contributed by atoms with Gasteiger partial charge in [-0.1, -0.05) is 32.8 Å². The van der Waals surface area contributed by atoms with Gasteiger partial charge in [0.1, 0.15) is 0 Å². The molecule has 0 spiro atoms. The van der Waals surface area contributed by atoms with Crippen LogP contribution in [-0.2, 0) is 4.79 Å². The zero-order valence-electron chi connectivity index (χ0n) is 11.8. The number of hydrogen-bond donors (Lipinski definition) is 1. The molecule has 104 valence electrons. The fourth-order valence-corrected chi connectivity index (χ4v) is 2.73. The Bertz CT molecular complexity index is 286. The van der Waals surface area contributed by atoms with Gasteiger partial charge in [-0.2, -0.15) is 0 Å². The molecule has 18 heavy (non-hydrogen) atoms. The van der Waals surface area contributed by atoms with Gasteiger partial charge in [0.25, 0.3) is 0 Å². The topological polar surface area (TPSA) is 40.5 Å². The summed E-state index contributed by atoms with van der Waals surface area (Å²) in [4.78, 5) is 13.3. The molecular weight excluding hydrogens is 226 g/mol. The minimum absolute atomic E-state index is 0.546. The predicted molar refractivity (Wildman–Crippen MR) is 74.7 cm³/mol. The maximum atomic E-state index is 10.9. The normalized spacial score (nSPS) is 22.8. The Morgan fingerprint density at radius 3 is 2.72 bits per heavy atom. The highest BCUT2D eigenvalue weighted by Crippen LogP contribution is 2.21. The lowest BCUT2D eigenvalue weighted by atomic mass is 9.96. The number of rotatable bonds is 6. The summed E-state index contributed by atoms with van der Waals surface area (Å²) in [5, 5.41) is 8.98. The molecule has 0 aromatic carbocycles. The Morgan fingerprint density at radius 2 is 2.11 bits per heavy atom. The lowest BCUT2D eigenvalue weighted by Gasteiger charge is -2.18. The first-order chi connectivity index (χ1) is 8.67. The van der Waals surface area contributed by atoms with E-state index in [2.05, 4.69) is 11.8 Å². The molecule has 1 aliphatic heterocycles. The van der Waals surface area contributed by atoms with Gasteiger partial charge in [-0.3, -0.25) is 4.90 Å². The average molecular weight is 253 g/mol. The van der Waals surface area contributed by atoms with Gasteiger partial charge in [0, 0.05) is 12.1 Å². The summed E-state index contributed by atoms with van der Waals surface area (Å²) in [7, 11) is 0. The van der Waals surface area contributed by atoms with E-state index in [1.54, 1.807) is 0 Å². The number of nitrogens with zero attached hydrogens (tertiary/aromatic N) is 1. The first kappa shape index (κ1) is 15.2. The van der Waals surface area contributed by atoms with Crippen LogP contribution in [-0.4, -0.2) is 35.6 Å². The highest BCUT2D eigenvalue weighted by molar-refractivity contribution is 5.86. The van der Waals surface area contributed by atoms with Crippen LogP contribution in [0.4, 0.5) is 0 Å². The van der Waals surface area contributed by atoms with Crippen LogP contribution < -0.4 is 0 Å². The predicted octanol–water partition coefficient (Wildman–Crippen LogP) is 3.31. The van der Waals surface area contributed by atoms with E-state index in [9.17, 15) is 4.79 Å². The number of aliphatic carboxylic acids is 1. The van der Waals surface area contributed by atoms with Crippen molar-refractivity contribution in [3.05, 3.63) is 11.6 Å². The van der Waals surface area contributed by atoms with E-state index in [-0.39, 0.29) is 0 Å². The molecule has 1 rings (SSSR count). The quantitative estimate of drug-likeness (QED) is 0.738. The lowest BCUT2D eigenvalue weighted by Crippen LogP contribution is -2.25. The number of carboxylic acids is 1. The summed E-state index contributed by atoms with van der Waals surface area (Å²) in [5.74, 6) is 0.116. The Balaban J connectivity index is 2.41. The molecule has 1 unspecified atom stereocenters. The van der Waals surface area contributed by atoms with E-state index >= 15 is 0 Å². The summed E-state index contributed by atoms with van der Waals surface area (Å²) < 4.78 is 0.